The molecule has 8 N–H and O–H groups in total. The van der Waals surface area contributed by atoms with Gasteiger partial charge in [0.15, 0.2) is 43.5 Å². The van der Waals surface area contributed by atoms with Gasteiger partial charge in [-0.05, 0) is 67.0 Å². The molecule has 522 valence electrons. The van der Waals surface area contributed by atoms with E-state index in [-0.39, 0.29) is 56.1 Å². The molecule has 10 saturated heterocycles. The number of rotatable bonds is 17. The third-order valence-corrected chi connectivity index (χ3v) is 19.1. The molecule has 11 rings (SSSR count). The lowest BCUT2D eigenvalue weighted by molar-refractivity contribution is -0.439. The summed E-state index contributed by atoms with van der Waals surface area (Å²) >= 11 is 0. The lowest BCUT2D eigenvalue weighted by atomic mass is 9.80. The van der Waals surface area contributed by atoms with Gasteiger partial charge in [-0.2, -0.15) is 0 Å². The van der Waals surface area contributed by atoms with Crippen LogP contribution in [0.4, 0.5) is 0 Å². The summed E-state index contributed by atoms with van der Waals surface area (Å²) in [5.41, 5.74) is -3.03. The Kier molecular flexibility index (Phi) is 20.7. The first kappa shape index (κ1) is 70.1. The minimum Gasteiger partial charge on any atom is -0.508 e. The molecule has 2 unspecified atom stereocenters. The molecule has 1 aromatic rings. The van der Waals surface area contributed by atoms with Gasteiger partial charge in [0.2, 0.25) is 6.29 Å². The van der Waals surface area contributed by atoms with E-state index in [0.717, 1.165) is 6.07 Å². The van der Waals surface area contributed by atoms with Crippen molar-refractivity contribution in [3.8, 4) is 11.5 Å². The van der Waals surface area contributed by atoms with Crippen molar-refractivity contribution in [1.82, 2.24) is 0 Å². The van der Waals surface area contributed by atoms with Crippen LogP contribution in [-0.2, 0) is 109 Å². The van der Waals surface area contributed by atoms with E-state index in [9.17, 15) is 50.4 Å². The second-order valence-corrected chi connectivity index (χ2v) is 26.0. The van der Waals surface area contributed by atoms with Gasteiger partial charge in [-0.25, -0.2) is 4.79 Å². The van der Waals surface area contributed by atoms with Crippen LogP contribution in [0.3, 0.4) is 0 Å². The summed E-state index contributed by atoms with van der Waals surface area (Å²) in [7, 11) is 4.12. The molecule has 0 saturated carbocycles. The van der Waals surface area contributed by atoms with Crippen LogP contribution in [0, 0.1) is 12.8 Å². The maximum Gasteiger partial charge on any atom is 0.342 e. The standard InChI is InChI=1S/C60H90O32/c1-22(2)52(68)84-48-45-35(89-60(90-45)51-50(75-21-76-51)59(70,28(8)61)29(9)88-60)20-74-55(48)86-56-47(73-13)39(66)44(34(80-56)19-71-11)85-54-40(67)46(43(72-12)25(5)79-54)82-37-18-57(10)49(27(7)78-37)91-58(92-57)17-33(65)42(26(6)87-58)81-36-16-32(64)41(24(4)77-36)83-53(69)38-23(3)14-30(62)15-31(38)63/h14-15,22,24-29,32-37,39-51,54-56,61-67,70H,16-21H2,1-13H3/t24-,25-,26-,27-,28?,29-,32-,33-,34-,35+,36+,37+,39+,40-,41-,42-,43+,44-,45-,46-,47+,48-,49-,50-,51-,54+,55-,56+,57-,58?,59+,60-/m1/s1. The molecule has 92 heavy (non-hydrogen) atoms. The SMILES string of the molecule is COC[C@H]1O[C@@H](O[C@H]2OC[C@@H]3O[C@]4(O[C@H]3[C@H]2OC(=O)C(C)C)O[C@H](C)[C@@](O)(C(C)O)[C@@H]2OCO[C@H]24)[C@@H](OC)[C@@H](O)[C@@H]1O[C@@H]1O[C@H](C)[C@H](OC)[C@H](O[C@H]2C[C@@]3(C)OC4(C[C@@H](O)[C@H](O[C@H]5C[C@@H](O)[C@H](OC(=O)c6c(C)cc(O)cc6O)[C@@H](C)O5)[C@@H](C)O4)O[C@@H]3[C@@H](C)O2)[C@H]1O. The number of benzene rings is 1. The zero-order valence-electron chi connectivity index (χ0n) is 53.5. The van der Waals surface area contributed by atoms with Crippen LogP contribution in [0.15, 0.2) is 12.1 Å². The van der Waals surface area contributed by atoms with Crippen molar-refractivity contribution in [3.63, 3.8) is 0 Å². The van der Waals surface area contributed by atoms with Crippen molar-refractivity contribution in [3.05, 3.63) is 23.3 Å². The average molecular weight is 1320 g/mol. The average Bonchev–Trinajstić information content (AvgIpc) is 1.52. The predicted octanol–water partition coefficient (Wildman–Crippen LogP) is -0.766. The van der Waals surface area contributed by atoms with E-state index in [1.54, 1.807) is 48.5 Å². The summed E-state index contributed by atoms with van der Waals surface area (Å²) in [6, 6.07) is 2.30. The number of fused-ring (bicyclic) bond motifs is 4. The third kappa shape index (κ3) is 13.0. The van der Waals surface area contributed by atoms with Crippen molar-refractivity contribution in [2.45, 2.75) is 283 Å². The van der Waals surface area contributed by atoms with Gasteiger partial charge in [0.05, 0.1) is 74.4 Å². The lowest BCUT2D eigenvalue weighted by Gasteiger charge is -2.51. The molecule has 1 aromatic carbocycles. The minimum absolute atomic E-state index is 0.0125. The summed E-state index contributed by atoms with van der Waals surface area (Å²) < 4.78 is 137. The molecule has 0 aromatic heterocycles. The van der Waals surface area contributed by atoms with Crippen molar-refractivity contribution in [1.29, 1.82) is 0 Å². The highest BCUT2D eigenvalue weighted by Gasteiger charge is 2.73. The van der Waals surface area contributed by atoms with E-state index < -0.39 is 219 Å². The number of aliphatic hydroxyl groups is 6. The number of carbonyl (C=O) groups excluding carboxylic acids is 2. The molecule has 10 aliphatic heterocycles. The maximum absolute atomic E-state index is 13.4. The molecular weight excluding hydrogens is 1230 g/mol. The Morgan fingerprint density at radius 3 is 2.01 bits per heavy atom. The number of phenolic OH excluding ortho intramolecular Hbond substituents is 2. The number of esters is 2. The highest BCUT2D eigenvalue weighted by atomic mass is 16.9. The van der Waals surface area contributed by atoms with Crippen LogP contribution < -0.4 is 0 Å². The first-order chi connectivity index (χ1) is 43.5. The summed E-state index contributed by atoms with van der Waals surface area (Å²) in [4.78, 5) is 26.6. The first-order valence-corrected chi connectivity index (χ1v) is 31.3. The quantitative estimate of drug-likeness (QED) is 0.0888. The highest BCUT2D eigenvalue weighted by Crippen LogP contribution is 2.53. The second kappa shape index (κ2) is 27.2. The molecular formula is C60H90O32. The zero-order chi connectivity index (χ0) is 66.4. The zero-order valence-corrected chi connectivity index (χ0v) is 53.5. The van der Waals surface area contributed by atoms with Crippen LogP contribution in [0.2, 0.25) is 0 Å². The number of phenols is 2. The number of hydrogen-bond donors (Lipinski definition) is 8. The van der Waals surface area contributed by atoms with Crippen molar-refractivity contribution in [2.24, 2.45) is 5.92 Å². The van der Waals surface area contributed by atoms with Gasteiger partial charge < -0.3 is 145 Å². The Bertz CT molecular complexity index is 2680. The van der Waals surface area contributed by atoms with E-state index in [0.29, 0.717) is 0 Å². The number of aliphatic hydroxyl groups excluding tert-OH is 5. The molecule has 32 heteroatoms. The fraction of sp³-hybridized carbons (Fsp3) is 0.867. The van der Waals surface area contributed by atoms with Gasteiger partial charge >= 0.3 is 17.9 Å². The normalized spacial score (nSPS) is 48.9. The summed E-state index contributed by atoms with van der Waals surface area (Å²) in [6.07, 6.45) is -33.4. The van der Waals surface area contributed by atoms with Gasteiger partial charge in [-0.1, -0.05) is 13.8 Å². The molecule has 0 radical (unpaired) electrons. The number of aryl methyl sites for hydroxylation is 1. The van der Waals surface area contributed by atoms with E-state index in [1.807, 2.05) is 0 Å². The Morgan fingerprint density at radius 1 is 0.652 bits per heavy atom. The Morgan fingerprint density at radius 2 is 1.35 bits per heavy atom. The summed E-state index contributed by atoms with van der Waals surface area (Å²) in [5.74, 6) is -6.77. The topological polar surface area (TPSA) is 399 Å². The van der Waals surface area contributed by atoms with Gasteiger partial charge in [0.1, 0.15) is 108 Å². The summed E-state index contributed by atoms with van der Waals surface area (Å²) in [5, 5.41) is 89.9. The monoisotopic (exact) mass is 1320 g/mol. The number of carbonyl (C=O) groups is 2. The van der Waals surface area contributed by atoms with Crippen LogP contribution >= 0.6 is 0 Å². The van der Waals surface area contributed by atoms with Crippen LogP contribution in [-0.4, -0.2) is 289 Å². The van der Waals surface area contributed by atoms with E-state index in [2.05, 4.69) is 0 Å². The molecule has 0 aliphatic carbocycles. The number of aromatic hydroxyl groups is 2. The molecule has 0 amide bonds. The van der Waals surface area contributed by atoms with Gasteiger partial charge in [-0.3, -0.25) is 4.79 Å². The maximum atomic E-state index is 13.4. The minimum atomic E-state index is -2.03. The largest absolute Gasteiger partial charge is 0.508 e. The molecule has 10 aliphatic rings. The Hall–Kier alpha value is -3.28. The van der Waals surface area contributed by atoms with Crippen LogP contribution in [0.1, 0.15) is 97.5 Å². The molecule has 32 nitrogen and oxygen atoms in total. The predicted molar refractivity (Wildman–Crippen MR) is 299 cm³/mol. The Labute approximate surface area is 530 Å². The van der Waals surface area contributed by atoms with E-state index in [4.69, 9.17) is 104 Å². The molecule has 10 heterocycles. The molecule has 10 fully saturated rings. The van der Waals surface area contributed by atoms with Crippen molar-refractivity contribution in [2.75, 3.05) is 41.3 Å². The van der Waals surface area contributed by atoms with Gasteiger partial charge in [-0.15, -0.1) is 0 Å². The number of hydrogen-bond acceptors (Lipinski definition) is 32. The molecule has 2 spiro atoms. The number of ether oxygens (including phenoxy) is 22. The van der Waals surface area contributed by atoms with Gasteiger partial charge in [0.25, 0.3) is 5.97 Å². The van der Waals surface area contributed by atoms with Crippen LogP contribution in [0.5, 0.6) is 11.5 Å². The van der Waals surface area contributed by atoms with Crippen molar-refractivity contribution < 1.29 is 155 Å². The van der Waals surface area contributed by atoms with Crippen molar-refractivity contribution >= 4 is 11.9 Å². The summed E-state index contributed by atoms with van der Waals surface area (Å²) in [6.45, 7) is 15.4. The second-order valence-electron chi connectivity index (χ2n) is 26.0. The third-order valence-electron chi connectivity index (χ3n) is 19.1. The molecule has 32 atom stereocenters. The Balaban J connectivity index is 0.724. The van der Waals surface area contributed by atoms with Gasteiger partial charge in [0, 0.05) is 40.2 Å². The fourth-order valence-corrected chi connectivity index (χ4v) is 14.5. The number of methoxy groups -OCH3 is 3. The molecule has 0 bridgehead atoms. The van der Waals surface area contributed by atoms with E-state index in [1.165, 1.54) is 48.2 Å². The highest BCUT2D eigenvalue weighted by molar-refractivity contribution is 5.94. The lowest BCUT2D eigenvalue weighted by Crippen LogP contribution is -2.72. The van der Waals surface area contributed by atoms with E-state index >= 15 is 0 Å². The fourth-order valence-electron chi connectivity index (χ4n) is 14.5. The smallest absolute Gasteiger partial charge is 0.342 e. The first-order valence-electron chi connectivity index (χ1n) is 31.3. The van der Waals surface area contributed by atoms with Crippen LogP contribution in [0.25, 0.3) is 0 Å².